The summed E-state index contributed by atoms with van der Waals surface area (Å²) in [4.78, 5) is 31.8. The normalized spacial score (nSPS) is 11.8. The lowest BCUT2D eigenvalue weighted by Gasteiger charge is -2.20. The summed E-state index contributed by atoms with van der Waals surface area (Å²) in [6.07, 6.45) is 0.0664. The van der Waals surface area contributed by atoms with Crippen molar-refractivity contribution in [2.45, 2.75) is 65.4 Å². The Balaban J connectivity index is 2.30. The first kappa shape index (κ1) is 25.5. The Hall–Kier alpha value is -2.72. The molecule has 10 heteroatoms. The van der Waals surface area contributed by atoms with Gasteiger partial charge in [-0.2, -0.15) is 4.31 Å². The average molecular weight is 465 g/mol. The summed E-state index contributed by atoms with van der Waals surface area (Å²) in [5.41, 5.74) is 1.03. The molecule has 1 amide bonds. The van der Waals surface area contributed by atoms with E-state index in [2.05, 4.69) is 15.3 Å². The number of nitrogens with zero attached hydrogens (tertiary/aromatic N) is 2. The van der Waals surface area contributed by atoms with E-state index >= 15 is 0 Å². The summed E-state index contributed by atoms with van der Waals surface area (Å²) in [6, 6.07) is 4.43. The van der Waals surface area contributed by atoms with Crippen LogP contribution in [0, 0.1) is 13.8 Å². The van der Waals surface area contributed by atoms with Gasteiger partial charge in [-0.1, -0.05) is 13.8 Å². The maximum Gasteiger partial charge on any atom is 0.254 e. The van der Waals surface area contributed by atoms with Crippen LogP contribution in [-0.4, -0.2) is 47.8 Å². The summed E-state index contributed by atoms with van der Waals surface area (Å²) in [6.45, 7) is 11.3. The number of aromatic amines is 1. The number of sulfonamides is 1. The summed E-state index contributed by atoms with van der Waals surface area (Å²) in [5.74, 6) is 0.524. The second-order valence-electron chi connectivity index (χ2n) is 7.68. The Bertz CT molecular complexity index is 1120. The van der Waals surface area contributed by atoms with Crippen LogP contribution < -0.4 is 15.6 Å². The molecule has 0 saturated carbocycles. The van der Waals surface area contributed by atoms with Crippen molar-refractivity contribution in [1.82, 2.24) is 14.3 Å². The highest BCUT2D eigenvalue weighted by molar-refractivity contribution is 7.89. The summed E-state index contributed by atoms with van der Waals surface area (Å²) in [5, 5.41) is 2.74. The highest BCUT2D eigenvalue weighted by Crippen LogP contribution is 2.30. The highest BCUT2D eigenvalue weighted by atomic mass is 32.2. The topological polar surface area (TPSA) is 121 Å². The van der Waals surface area contributed by atoms with Crippen molar-refractivity contribution in [2.75, 3.05) is 18.4 Å². The third-order valence-electron chi connectivity index (χ3n) is 4.87. The van der Waals surface area contributed by atoms with Gasteiger partial charge < -0.3 is 15.0 Å². The maximum atomic E-state index is 12.9. The molecule has 32 heavy (non-hydrogen) atoms. The van der Waals surface area contributed by atoms with Crippen LogP contribution in [0.3, 0.4) is 0 Å². The number of hydrogen-bond donors (Lipinski definition) is 2. The summed E-state index contributed by atoms with van der Waals surface area (Å²) in [7, 11) is -3.70. The minimum atomic E-state index is -3.70. The fraction of sp³-hybridized carbons (Fsp3) is 0.500. The van der Waals surface area contributed by atoms with Crippen molar-refractivity contribution < 1.29 is 17.9 Å². The average Bonchev–Trinajstić information content (AvgIpc) is 2.68. The first-order valence-electron chi connectivity index (χ1n) is 10.7. The Kier molecular flexibility index (Phi) is 8.57. The van der Waals surface area contributed by atoms with Crippen LogP contribution in [0.5, 0.6) is 5.75 Å². The number of carbonyl (C=O) groups is 1. The van der Waals surface area contributed by atoms with Gasteiger partial charge in [-0.05, 0) is 52.3 Å². The molecule has 0 aliphatic carbocycles. The summed E-state index contributed by atoms with van der Waals surface area (Å²) >= 11 is 0. The molecular formula is C22H32N4O5S. The number of carbonyl (C=O) groups excluding carboxylic acids is 1. The standard InChI is InChI=1S/C22H32N4O5S/c1-7-26(8-2)32(29,30)17-9-11-20(31-14(3)4)19(13-17)25-21(27)12-10-18-15(5)23-16(6)24-22(18)28/h9,11,13-14H,7-8,10,12H2,1-6H3,(H,25,27)(H,23,24,28). The maximum absolute atomic E-state index is 12.9. The molecule has 0 bridgehead atoms. The van der Waals surface area contributed by atoms with E-state index in [0.29, 0.717) is 35.9 Å². The van der Waals surface area contributed by atoms with E-state index in [4.69, 9.17) is 4.74 Å². The molecular weight excluding hydrogens is 432 g/mol. The van der Waals surface area contributed by atoms with Gasteiger partial charge in [-0.3, -0.25) is 9.59 Å². The van der Waals surface area contributed by atoms with Crippen LogP contribution in [0.15, 0.2) is 27.9 Å². The fourth-order valence-corrected chi connectivity index (χ4v) is 4.82. The van der Waals surface area contributed by atoms with E-state index < -0.39 is 10.0 Å². The number of hydrogen-bond acceptors (Lipinski definition) is 6. The molecule has 0 radical (unpaired) electrons. The van der Waals surface area contributed by atoms with Crippen LogP contribution in [0.25, 0.3) is 0 Å². The van der Waals surface area contributed by atoms with Gasteiger partial charge in [-0.15, -0.1) is 0 Å². The van der Waals surface area contributed by atoms with Gasteiger partial charge in [0.25, 0.3) is 5.56 Å². The SMILES string of the molecule is CCN(CC)S(=O)(=O)c1ccc(OC(C)C)c(NC(=O)CCc2c(C)nc(C)[nH]c2=O)c1. The van der Waals surface area contributed by atoms with E-state index in [0.717, 1.165) is 0 Å². The third kappa shape index (κ3) is 6.17. The molecule has 0 unspecified atom stereocenters. The lowest BCUT2D eigenvalue weighted by Crippen LogP contribution is -2.30. The molecule has 9 nitrogen and oxygen atoms in total. The smallest absolute Gasteiger partial charge is 0.254 e. The van der Waals surface area contributed by atoms with Crippen molar-refractivity contribution >= 4 is 21.6 Å². The number of H-pyrrole nitrogens is 1. The molecule has 1 aromatic carbocycles. The zero-order valence-corrected chi connectivity index (χ0v) is 20.3. The van der Waals surface area contributed by atoms with Gasteiger partial charge in [0.1, 0.15) is 11.6 Å². The molecule has 0 aliphatic rings. The van der Waals surface area contributed by atoms with E-state index in [9.17, 15) is 18.0 Å². The summed E-state index contributed by atoms with van der Waals surface area (Å²) < 4.78 is 32.9. The van der Waals surface area contributed by atoms with E-state index in [-0.39, 0.29) is 41.0 Å². The number of aryl methyl sites for hydroxylation is 2. The van der Waals surface area contributed by atoms with Gasteiger partial charge in [0.05, 0.1) is 16.7 Å². The van der Waals surface area contributed by atoms with E-state index in [1.165, 1.54) is 16.4 Å². The molecule has 2 N–H and O–H groups in total. The largest absolute Gasteiger partial charge is 0.489 e. The van der Waals surface area contributed by atoms with Crippen LogP contribution in [0.1, 0.15) is 51.2 Å². The number of nitrogens with one attached hydrogen (secondary N) is 2. The van der Waals surface area contributed by atoms with Gasteiger partial charge in [-0.25, -0.2) is 13.4 Å². The van der Waals surface area contributed by atoms with Crippen molar-refractivity contribution in [3.8, 4) is 5.75 Å². The third-order valence-corrected chi connectivity index (χ3v) is 6.92. The lowest BCUT2D eigenvalue weighted by molar-refractivity contribution is -0.116. The Morgan fingerprint density at radius 2 is 1.88 bits per heavy atom. The van der Waals surface area contributed by atoms with Crippen molar-refractivity contribution in [3.63, 3.8) is 0 Å². The predicted octanol–water partition coefficient (Wildman–Crippen LogP) is 2.78. The monoisotopic (exact) mass is 464 g/mol. The van der Waals surface area contributed by atoms with Crippen LogP contribution in [0.4, 0.5) is 5.69 Å². The Morgan fingerprint density at radius 1 is 1.22 bits per heavy atom. The molecule has 1 heterocycles. The van der Waals surface area contributed by atoms with Gasteiger partial charge in [0.2, 0.25) is 15.9 Å². The molecule has 0 fully saturated rings. The van der Waals surface area contributed by atoms with Gasteiger partial charge >= 0.3 is 0 Å². The molecule has 1 aromatic heterocycles. The molecule has 0 saturated heterocycles. The number of rotatable bonds is 10. The second-order valence-corrected chi connectivity index (χ2v) is 9.62. The van der Waals surface area contributed by atoms with Crippen molar-refractivity contribution in [3.05, 3.63) is 45.6 Å². The first-order valence-corrected chi connectivity index (χ1v) is 12.1. The molecule has 176 valence electrons. The quantitative estimate of drug-likeness (QED) is 0.558. The molecule has 0 spiro atoms. The van der Waals surface area contributed by atoms with Crippen LogP contribution >= 0.6 is 0 Å². The number of amides is 1. The number of anilines is 1. The van der Waals surface area contributed by atoms with Gasteiger partial charge in [0.15, 0.2) is 0 Å². The number of benzene rings is 1. The van der Waals surface area contributed by atoms with Crippen LogP contribution in [-0.2, 0) is 21.2 Å². The molecule has 2 aromatic rings. The van der Waals surface area contributed by atoms with Gasteiger partial charge in [0, 0.05) is 30.8 Å². The van der Waals surface area contributed by atoms with Crippen LogP contribution in [0.2, 0.25) is 0 Å². The number of ether oxygens (including phenoxy) is 1. The second kappa shape index (κ2) is 10.7. The fourth-order valence-electron chi connectivity index (χ4n) is 3.33. The van der Waals surface area contributed by atoms with Crippen molar-refractivity contribution in [1.29, 1.82) is 0 Å². The zero-order chi connectivity index (χ0) is 24.1. The minimum absolute atomic E-state index is 0.0306. The van der Waals surface area contributed by atoms with E-state index in [1.54, 1.807) is 33.8 Å². The molecule has 0 aliphatic heterocycles. The lowest BCUT2D eigenvalue weighted by atomic mass is 10.1. The number of aromatic nitrogens is 2. The minimum Gasteiger partial charge on any atom is -0.489 e. The first-order chi connectivity index (χ1) is 15.0. The zero-order valence-electron chi connectivity index (χ0n) is 19.5. The molecule has 2 rings (SSSR count). The predicted molar refractivity (Wildman–Crippen MR) is 124 cm³/mol. The highest BCUT2D eigenvalue weighted by Gasteiger charge is 2.23. The molecule has 0 atom stereocenters. The van der Waals surface area contributed by atoms with E-state index in [1.807, 2.05) is 13.8 Å². The Labute approximate surface area is 189 Å². The Morgan fingerprint density at radius 3 is 2.44 bits per heavy atom. The van der Waals surface area contributed by atoms with Crippen molar-refractivity contribution in [2.24, 2.45) is 0 Å².